The van der Waals surface area contributed by atoms with Crippen molar-refractivity contribution in [3.63, 3.8) is 0 Å². The van der Waals surface area contributed by atoms with Crippen LogP contribution in [0.3, 0.4) is 0 Å². The zero-order valence-electron chi connectivity index (χ0n) is 13.1. The quantitative estimate of drug-likeness (QED) is 0.871. The highest BCUT2D eigenvalue weighted by Crippen LogP contribution is 2.20. The minimum absolute atomic E-state index is 0.159. The molecule has 1 aromatic heterocycles. The molecular weight excluding hydrogens is 288 g/mol. The topological polar surface area (TPSA) is 61.9 Å². The zero-order valence-corrected chi connectivity index (χ0v) is 13.1. The molecule has 1 aromatic carbocycles. The van der Waals surface area contributed by atoms with E-state index in [4.69, 9.17) is 5.26 Å². The lowest BCUT2D eigenvalue weighted by molar-refractivity contribution is -0.134. The van der Waals surface area contributed by atoms with Crippen LogP contribution in [-0.2, 0) is 17.8 Å². The molecule has 0 N–H and O–H groups in total. The highest BCUT2D eigenvalue weighted by molar-refractivity contribution is 5.79. The van der Waals surface area contributed by atoms with Crippen molar-refractivity contribution in [3.05, 3.63) is 53.9 Å². The van der Waals surface area contributed by atoms with Crippen LogP contribution in [-0.4, -0.2) is 33.2 Å². The van der Waals surface area contributed by atoms with Gasteiger partial charge in [0.15, 0.2) is 0 Å². The fourth-order valence-electron chi connectivity index (χ4n) is 3.12. The number of piperidine rings is 1. The van der Waals surface area contributed by atoms with E-state index in [0.29, 0.717) is 12.0 Å². The van der Waals surface area contributed by atoms with Crippen LogP contribution < -0.4 is 0 Å². The van der Waals surface area contributed by atoms with E-state index in [0.717, 1.165) is 37.9 Å². The average molecular weight is 308 g/mol. The Morgan fingerprint density at radius 3 is 2.83 bits per heavy atom. The largest absolute Gasteiger partial charge is 0.338 e. The molecule has 2 heterocycles. The third kappa shape index (κ3) is 3.78. The average Bonchev–Trinajstić information content (AvgIpc) is 3.09. The monoisotopic (exact) mass is 308 g/mol. The lowest BCUT2D eigenvalue weighted by Crippen LogP contribution is -2.46. The van der Waals surface area contributed by atoms with Crippen LogP contribution in [0.25, 0.3) is 0 Å². The molecule has 5 nitrogen and oxygen atoms in total. The molecule has 1 fully saturated rings. The molecule has 0 aliphatic carbocycles. The van der Waals surface area contributed by atoms with Gasteiger partial charge in [-0.15, -0.1) is 0 Å². The Morgan fingerprint density at radius 2 is 2.13 bits per heavy atom. The van der Waals surface area contributed by atoms with Gasteiger partial charge in [0, 0.05) is 18.9 Å². The van der Waals surface area contributed by atoms with Crippen LogP contribution in [0, 0.1) is 11.3 Å². The highest BCUT2D eigenvalue weighted by atomic mass is 16.2. The molecule has 1 amide bonds. The molecule has 0 unspecified atom stereocenters. The number of amides is 1. The van der Waals surface area contributed by atoms with Gasteiger partial charge in [0.05, 0.1) is 30.6 Å². The summed E-state index contributed by atoms with van der Waals surface area (Å²) in [5, 5.41) is 13.1. The predicted molar refractivity (Wildman–Crippen MR) is 86.4 cm³/mol. The first-order chi connectivity index (χ1) is 11.3. The Bertz CT molecular complexity index is 685. The zero-order chi connectivity index (χ0) is 16.1. The maximum atomic E-state index is 12.7. The maximum Gasteiger partial charge on any atom is 0.227 e. The van der Waals surface area contributed by atoms with E-state index in [2.05, 4.69) is 11.2 Å². The van der Waals surface area contributed by atoms with Crippen molar-refractivity contribution < 1.29 is 4.79 Å². The summed E-state index contributed by atoms with van der Waals surface area (Å²) in [6, 6.07) is 11.5. The van der Waals surface area contributed by atoms with E-state index in [1.807, 2.05) is 34.0 Å². The smallest absolute Gasteiger partial charge is 0.227 e. The summed E-state index contributed by atoms with van der Waals surface area (Å²) >= 11 is 0. The number of carbonyl (C=O) groups excluding carboxylic acids is 1. The second-order valence-corrected chi connectivity index (χ2v) is 5.95. The summed E-state index contributed by atoms with van der Waals surface area (Å²) in [5.74, 6) is 0.159. The van der Waals surface area contributed by atoms with Gasteiger partial charge in [-0.2, -0.15) is 10.4 Å². The Labute approximate surface area is 136 Å². The van der Waals surface area contributed by atoms with Gasteiger partial charge in [-0.05, 0) is 43.0 Å². The first kappa shape index (κ1) is 15.3. The third-order valence-electron chi connectivity index (χ3n) is 4.34. The van der Waals surface area contributed by atoms with E-state index < -0.39 is 0 Å². The van der Waals surface area contributed by atoms with Crippen molar-refractivity contribution in [2.24, 2.45) is 0 Å². The minimum atomic E-state index is 0.159. The van der Waals surface area contributed by atoms with E-state index in [9.17, 15) is 4.79 Å². The van der Waals surface area contributed by atoms with Crippen LogP contribution in [0.1, 0.15) is 30.4 Å². The van der Waals surface area contributed by atoms with Crippen LogP contribution in [0.5, 0.6) is 0 Å². The summed E-state index contributed by atoms with van der Waals surface area (Å²) in [7, 11) is 0. The van der Waals surface area contributed by atoms with Crippen molar-refractivity contribution in [2.45, 2.75) is 38.3 Å². The number of hydrogen-bond acceptors (Lipinski definition) is 3. The Morgan fingerprint density at radius 1 is 1.30 bits per heavy atom. The van der Waals surface area contributed by atoms with E-state index >= 15 is 0 Å². The Kier molecular flexibility index (Phi) is 4.72. The van der Waals surface area contributed by atoms with Crippen molar-refractivity contribution in [2.75, 3.05) is 6.54 Å². The normalized spacial score (nSPS) is 17.7. The molecule has 1 aliphatic rings. The molecule has 3 rings (SSSR count). The second-order valence-electron chi connectivity index (χ2n) is 5.95. The molecule has 0 radical (unpaired) electrons. The Hall–Kier alpha value is -2.61. The van der Waals surface area contributed by atoms with Crippen LogP contribution >= 0.6 is 0 Å². The molecule has 1 atom stereocenters. The number of nitrogens with zero attached hydrogens (tertiary/aromatic N) is 4. The van der Waals surface area contributed by atoms with Gasteiger partial charge >= 0.3 is 0 Å². The van der Waals surface area contributed by atoms with Crippen molar-refractivity contribution in [3.8, 4) is 6.07 Å². The molecule has 23 heavy (non-hydrogen) atoms. The fourth-order valence-corrected chi connectivity index (χ4v) is 3.12. The second kappa shape index (κ2) is 7.10. The first-order valence-corrected chi connectivity index (χ1v) is 8.02. The van der Waals surface area contributed by atoms with Gasteiger partial charge in [-0.3, -0.25) is 9.48 Å². The van der Waals surface area contributed by atoms with Gasteiger partial charge in [0.1, 0.15) is 0 Å². The number of hydrogen-bond donors (Lipinski definition) is 0. The van der Waals surface area contributed by atoms with Gasteiger partial charge in [-0.1, -0.05) is 12.1 Å². The molecule has 1 saturated heterocycles. The summed E-state index contributed by atoms with van der Waals surface area (Å²) < 4.78 is 1.90. The SMILES string of the molecule is N#Cc1ccc(CC(=O)N2CCCC[C@H]2Cn2cccn2)cc1. The van der Waals surface area contributed by atoms with Gasteiger partial charge in [0.2, 0.25) is 5.91 Å². The molecule has 118 valence electrons. The molecule has 1 aliphatic heterocycles. The Balaban J connectivity index is 1.66. The number of likely N-dealkylation sites (tertiary alicyclic amines) is 1. The van der Waals surface area contributed by atoms with E-state index in [1.54, 1.807) is 18.3 Å². The number of nitriles is 1. The minimum Gasteiger partial charge on any atom is -0.338 e. The maximum absolute atomic E-state index is 12.7. The number of carbonyl (C=O) groups is 1. The molecule has 0 bridgehead atoms. The standard InChI is InChI=1S/C18H20N4O/c19-13-16-7-5-15(6-8-16)12-18(23)22-11-2-1-4-17(22)14-21-10-3-9-20-21/h3,5-10,17H,1-2,4,11-12,14H2/t17-/m0/s1. The molecule has 0 saturated carbocycles. The van der Waals surface area contributed by atoms with Gasteiger partial charge in [-0.25, -0.2) is 0 Å². The third-order valence-corrected chi connectivity index (χ3v) is 4.34. The predicted octanol–water partition coefficient (Wildman–Crippen LogP) is 2.38. The first-order valence-electron chi connectivity index (χ1n) is 8.02. The van der Waals surface area contributed by atoms with E-state index in [-0.39, 0.29) is 11.9 Å². The van der Waals surface area contributed by atoms with Crippen LogP contribution in [0.4, 0.5) is 0 Å². The fraction of sp³-hybridized carbons (Fsp3) is 0.389. The summed E-state index contributed by atoms with van der Waals surface area (Å²) in [6.45, 7) is 1.58. The van der Waals surface area contributed by atoms with Gasteiger partial charge in [0.25, 0.3) is 0 Å². The van der Waals surface area contributed by atoms with Crippen molar-refractivity contribution in [1.82, 2.24) is 14.7 Å². The summed E-state index contributed by atoms with van der Waals surface area (Å²) in [4.78, 5) is 14.7. The van der Waals surface area contributed by atoms with Crippen LogP contribution in [0.2, 0.25) is 0 Å². The molecular formula is C18H20N4O. The molecule has 0 spiro atoms. The summed E-state index contributed by atoms with van der Waals surface area (Å²) in [6.07, 6.45) is 7.35. The number of rotatable bonds is 4. The highest BCUT2D eigenvalue weighted by Gasteiger charge is 2.26. The van der Waals surface area contributed by atoms with Crippen molar-refractivity contribution in [1.29, 1.82) is 5.26 Å². The van der Waals surface area contributed by atoms with E-state index in [1.165, 1.54) is 0 Å². The summed E-state index contributed by atoms with van der Waals surface area (Å²) in [5.41, 5.74) is 1.58. The van der Waals surface area contributed by atoms with Crippen LogP contribution in [0.15, 0.2) is 42.7 Å². The molecule has 5 heteroatoms. The van der Waals surface area contributed by atoms with Gasteiger partial charge < -0.3 is 4.90 Å². The number of aromatic nitrogens is 2. The van der Waals surface area contributed by atoms with Crippen molar-refractivity contribution >= 4 is 5.91 Å². The molecule has 2 aromatic rings. The number of benzene rings is 1. The lowest BCUT2D eigenvalue weighted by atomic mass is 10.0. The lowest BCUT2D eigenvalue weighted by Gasteiger charge is -2.36.